The Morgan fingerprint density at radius 1 is 1.22 bits per heavy atom. The molecule has 37 heavy (non-hydrogen) atoms. The largest absolute Gasteiger partial charge is 0.383 e. The zero-order valence-electron chi connectivity index (χ0n) is 22.2. The number of carbonyl (C=O) groups excluding carboxylic acids is 1. The Labute approximate surface area is 224 Å². The standard InChI is InChI=1S/C29H37N5O2S/c1-22-19-34(23(2)32-22)27-9-6-24(7-10-27)16-29(18-31-4)37-20-26-17-28(33(21-35)14-15-36-5)11-8-25(26)12-13-30-3/h6-11,17-19,21,30H,4,12-16,20H2,1-3,5H3/b29-18-. The number of nitrogens with zero attached hydrogens (tertiary/aromatic N) is 4. The summed E-state index contributed by atoms with van der Waals surface area (Å²) < 4.78 is 7.27. The van der Waals surface area contributed by atoms with Gasteiger partial charge < -0.3 is 19.5 Å². The summed E-state index contributed by atoms with van der Waals surface area (Å²) in [5.41, 5.74) is 6.66. The molecule has 196 valence electrons. The minimum absolute atomic E-state index is 0.487. The van der Waals surface area contributed by atoms with Gasteiger partial charge in [-0.1, -0.05) is 18.2 Å². The summed E-state index contributed by atoms with van der Waals surface area (Å²) in [7, 11) is 3.60. The number of hydrogen-bond acceptors (Lipinski definition) is 6. The summed E-state index contributed by atoms with van der Waals surface area (Å²) in [6, 6.07) is 14.8. The van der Waals surface area contributed by atoms with Gasteiger partial charge in [0.15, 0.2) is 0 Å². The molecule has 1 heterocycles. The fourth-order valence-corrected chi connectivity index (χ4v) is 5.15. The van der Waals surface area contributed by atoms with Gasteiger partial charge in [-0.25, -0.2) is 4.98 Å². The molecule has 3 rings (SSSR count). The lowest BCUT2D eigenvalue weighted by Gasteiger charge is -2.20. The number of methoxy groups -OCH3 is 1. The van der Waals surface area contributed by atoms with Crippen LogP contribution in [-0.2, 0) is 28.1 Å². The highest BCUT2D eigenvalue weighted by Gasteiger charge is 2.12. The number of benzene rings is 2. The molecule has 0 atom stereocenters. The van der Waals surface area contributed by atoms with E-state index in [1.807, 2.05) is 39.4 Å². The van der Waals surface area contributed by atoms with Gasteiger partial charge in [0.25, 0.3) is 0 Å². The first-order chi connectivity index (χ1) is 18.0. The molecule has 0 saturated heterocycles. The lowest BCUT2D eigenvalue weighted by Crippen LogP contribution is -2.25. The summed E-state index contributed by atoms with van der Waals surface area (Å²) in [6.45, 7) is 9.59. The Kier molecular flexibility index (Phi) is 11.1. The van der Waals surface area contributed by atoms with Crippen molar-refractivity contribution in [2.24, 2.45) is 4.99 Å². The zero-order valence-corrected chi connectivity index (χ0v) is 23.1. The van der Waals surface area contributed by atoms with E-state index >= 15 is 0 Å². The number of aromatic nitrogens is 2. The van der Waals surface area contributed by atoms with Crippen LogP contribution in [0.25, 0.3) is 5.69 Å². The van der Waals surface area contributed by atoms with Gasteiger partial charge in [0.05, 0.1) is 12.3 Å². The normalized spacial score (nSPS) is 11.5. The van der Waals surface area contributed by atoms with Gasteiger partial charge in [-0.15, -0.1) is 11.8 Å². The monoisotopic (exact) mass is 519 g/mol. The highest BCUT2D eigenvalue weighted by Crippen LogP contribution is 2.29. The number of aliphatic imine (C=N–C) groups is 1. The molecule has 1 amide bonds. The Balaban J connectivity index is 1.75. The van der Waals surface area contributed by atoms with Crippen LogP contribution in [0.4, 0.5) is 5.69 Å². The van der Waals surface area contributed by atoms with Crippen molar-refractivity contribution in [3.05, 3.63) is 88.0 Å². The van der Waals surface area contributed by atoms with Crippen LogP contribution in [0.3, 0.4) is 0 Å². The Bertz CT molecular complexity index is 1200. The quantitative estimate of drug-likeness (QED) is 0.229. The minimum Gasteiger partial charge on any atom is -0.383 e. The number of carbonyl (C=O) groups is 1. The third-order valence-corrected chi connectivity index (χ3v) is 7.15. The van der Waals surface area contributed by atoms with Crippen molar-refractivity contribution in [1.29, 1.82) is 0 Å². The zero-order chi connectivity index (χ0) is 26.6. The van der Waals surface area contributed by atoms with E-state index in [1.165, 1.54) is 16.7 Å². The average Bonchev–Trinajstić information content (AvgIpc) is 3.25. The SMILES string of the molecule is C=N/C=C(/Cc1ccc(-n2cc(C)nc2C)cc1)SCc1cc(N(C=O)CCOC)ccc1CCNC. The molecule has 8 heteroatoms. The molecule has 0 spiro atoms. The fraction of sp³-hybridized carbons (Fsp3) is 0.345. The van der Waals surface area contributed by atoms with E-state index in [0.29, 0.717) is 13.2 Å². The van der Waals surface area contributed by atoms with Crippen molar-refractivity contribution in [3.8, 4) is 5.69 Å². The van der Waals surface area contributed by atoms with Gasteiger partial charge in [-0.3, -0.25) is 9.79 Å². The van der Waals surface area contributed by atoms with Crippen molar-refractivity contribution < 1.29 is 9.53 Å². The molecule has 0 aliphatic rings. The Morgan fingerprint density at radius 3 is 2.62 bits per heavy atom. The predicted molar refractivity (Wildman–Crippen MR) is 155 cm³/mol. The number of ether oxygens (including phenoxy) is 1. The second-order valence-corrected chi connectivity index (χ2v) is 9.91. The van der Waals surface area contributed by atoms with Crippen LogP contribution >= 0.6 is 11.8 Å². The number of hydrogen-bond donors (Lipinski definition) is 1. The van der Waals surface area contributed by atoms with Crippen LogP contribution in [0.15, 0.2) is 64.8 Å². The van der Waals surface area contributed by atoms with Crippen molar-refractivity contribution >= 4 is 30.6 Å². The Morgan fingerprint density at radius 2 is 2.00 bits per heavy atom. The topological polar surface area (TPSA) is 71.8 Å². The summed E-state index contributed by atoms with van der Waals surface area (Å²) >= 11 is 1.75. The average molecular weight is 520 g/mol. The number of amides is 1. The number of aryl methyl sites for hydroxylation is 2. The molecule has 7 nitrogen and oxygen atoms in total. The number of nitrogens with one attached hydrogen (secondary N) is 1. The van der Waals surface area contributed by atoms with Gasteiger partial charge in [-0.2, -0.15) is 0 Å². The second kappa shape index (κ2) is 14.5. The van der Waals surface area contributed by atoms with Crippen molar-refractivity contribution in [2.75, 3.05) is 38.8 Å². The number of anilines is 1. The number of allylic oxidation sites excluding steroid dienone is 1. The first kappa shape index (κ1) is 28.4. The minimum atomic E-state index is 0.487. The molecule has 0 aliphatic carbocycles. The highest BCUT2D eigenvalue weighted by atomic mass is 32.2. The predicted octanol–water partition coefficient (Wildman–Crippen LogP) is 4.88. The molecule has 0 radical (unpaired) electrons. The van der Waals surface area contributed by atoms with E-state index in [9.17, 15) is 4.79 Å². The Hall–Kier alpha value is -3.20. The summed E-state index contributed by atoms with van der Waals surface area (Å²) in [5.74, 6) is 1.75. The number of thioether (sulfide) groups is 1. The lowest BCUT2D eigenvalue weighted by atomic mass is 10.0. The highest BCUT2D eigenvalue weighted by molar-refractivity contribution is 8.02. The van der Waals surface area contributed by atoms with Crippen molar-refractivity contribution in [2.45, 2.75) is 32.4 Å². The van der Waals surface area contributed by atoms with Gasteiger partial charge in [0.2, 0.25) is 6.41 Å². The van der Waals surface area contributed by atoms with E-state index in [2.05, 4.69) is 63.0 Å². The first-order valence-corrected chi connectivity index (χ1v) is 13.3. The van der Waals surface area contributed by atoms with Gasteiger partial charge in [0.1, 0.15) is 5.82 Å². The molecule has 1 aromatic heterocycles. The molecule has 1 N–H and O–H groups in total. The van der Waals surface area contributed by atoms with Crippen LogP contribution in [0.2, 0.25) is 0 Å². The number of likely N-dealkylation sites (N-methyl/N-ethyl adjacent to an activating group) is 1. The van der Waals surface area contributed by atoms with Gasteiger partial charge in [0, 0.05) is 54.5 Å². The summed E-state index contributed by atoms with van der Waals surface area (Å²) in [6.07, 6.45) is 6.44. The molecule has 0 saturated carbocycles. The van der Waals surface area contributed by atoms with E-state index < -0.39 is 0 Å². The van der Waals surface area contributed by atoms with Gasteiger partial charge in [-0.05, 0) is 81.5 Å². The van der Waals surface area contributed by atoms with Crippen molar-refractivity contribution in [3.63, 3.8) is 0 Å². The molecular weight excluding hydrogens is 482 g/mol. The molecule has 2 aromatic carbocycles. The smallest absolute Gasteiger partial charge is 0.214 e. The fourth-order valence-electron chi connectivity index (χ4n) is 4.12. The summed E-state index contributed by atoms with van der Waals surface area (Å²) in [4.78, 5) is 23.1. The van der Waals surface area contributed by atoms with Crippen molar-refractivity contribution in [1.82, 2.24) is 14.9 Å². The summed E-state index contributed by atoms with van der Waals surface area (Å²) in [5, 5.41) is 3.23. The number of imidazole rings is 1. The van der Waals surface area contributed by atoms with E-state index in [1.54, 1.807) is 23.8 Å². The molecule has 0 bridgehead atoms. The van der Waals surface area contributed by atoms with Crippen LogP contribution in [0, 0.1) is 13.8 Å². The van der Waals surface area contributed by atoms with Crippen LogP contribution in [-0.4, -0.2) is 56.5 Å². The third kappa shape index (κ3) is 8.15. The maximum absolute atomic E-state index is 11.7. The van der Waals surface area contributed by atoms with Crippen LogP contribution in [0.5, 0.6) is 0 Å². The number of rotatable bonds is 15. The second-order valence-electron chi connectivity index (χ2n) is 8.81. The first-order valence-electron chi connectivity index (χ1n) is 12.4. The molecule has 0 aliphatic heterocycles. The van der Waals surface area contributed by atoms with Crippen LogP contribution in [0.1, 0.15) is 28.2 Å². The third-order valence-electron chi connectivity index (χ3n) is 6.07. The van der Waals surface area contributed by atoms with Gasteiger partial charge >= 0.3 is 0 Å². The molecule has 0 unspecified atom stereocenters. The maximum atomic E-state index is 11.7. The maximum Gasteiger partial charge on any atom is 0.214 e. The molecule has 3 aromatic rings. The molecule has 0 fully saturated rings. The van der Waals surface area contributed by atoms with E-state index in [-0.39, 0.29) is 0 Å². The van der Waals surface area contributed by atoms with E-state index in [4.69, 9.17) is 4.74 Å². The van der Waals surface area contributed by atoms with Crippen LogP contribution < -0.4 is 10.2 Å². The molecular formula is C29H37N5O2S. The van der Waals surface area contributed by atoms with E-state index in [0.717, 1.165) is 59.3 Å². The lowest BCUT2D eigenvalue weighted by molar-refractivity contribution is -0.107.